The summed E-state index contributed by atoms with van der Waals surface area (Å²) in [4.78, 5) is 27.6. The molecule has 2 aromatic carbocycles. The summed E-state index contributed by atoms with van der Waals surface area (Å²) in [6.07, 6.45) is 4.99. The minimum atomic E-state index is -1.14. The van der Waals surface area contributed by atoms with Crippen LogP contribution < -0.4 is 10.1 Å². The van der Waals surface area contributed by atoms with Crippen LogP contribution in [0.15, 0.2) is 48.5 Å². The highest BCUT2D eigenvalue weighted by atomic mass is 35.5. The summed E-state index contributed by atoms with van der Waals surface area (Å²) >= 11 is 5.91. The van der Waals surface area contributed by atoms with E-state index >= 15 is 0 Å². The maximum absolute atomic E-state index is 14.8. The Morgan fingerprint density at radius 3 is 2.48 bits per heavy atom. The first-order valence-corrected chi connectivity index (χ1v) is 11.1. The maximum Gasteiger partial charge on any atom is 0.247 e. The van der Waals surface area contributed by atoms with E-state index in [4.69, 9.17) is 16.3 Å². The Kier molecular flexibility index (Phi) is 8.29. The Hall–Kier alpha value is -2.60. The van der Waals surface area contributed by atoms with Gasteiger partial charge < -0.3 is 15.0 Å². The van der Waals surface area contributed by atoms with Crippen molar-refractivity contribution in [3.05, 3.63) is 65.5 Å². The van der Waals surface area contributed by atoms with Crippen LogP contribution in [0.4, 0.5) is 4.39 Å². The highest BCUT2D eigenvalue weighted by Crippen LogP contribution is 2.29. The number of carbonyl (C=O) groups excluding carboxylic acids is 2. The van der Waals surface area contributed by atoms with Gasteiger partial charge >= 0.3 is 0 Å². The SMILES string of the molecule is COc1ccccc1CN(C(=O)CCl)C(C(=O)NC1CCCCC1)c1ccccc1F. The van der Waals surface area contributed by atoms with Crippen molar-refractivity contribution in [2.24, 2.45) is 0 Å². The van der Waals surface area contributed by atoms with Gasteiger partial charge in [0.05, 0.1) is 13.7 Å². The summed E-state index contributed by atoms with van der Waals surface area (Å²) in [5.41, 5.74) is 0.847. The second kappa shape index (κ2) is 11.1. The molecule has 1 fully saturated rings. The van der Waals surface area contributed by atoms with Crippen LogP contribution in [0, 0.1) is 5.82 Å². The summed E-state index contributed by atoms with van der Waals surface area (Å²) in [7, 11) is 1.54. The van der Waals surface area contributed by atoms with Crippen LogP contribution in [0.2, 0.25) is 0 Å². The number of carbonyl (C=O) groups is 2. The number of rotatable bonds is 8. The van der Waals surface area contributed by atoms with Crippen molar-refractivity contribution in [1.29, 1.82) is 0 Å². The van der Waals surface area contributed by atoms with Crippen molar-refractivity contribution in [1.82, 2.24) is 10.2 Å². The lowest BCUT2D eigenvalue weighted by Crippen LogP contribution is -2.47. The highest BCUT2D eigenvalue weighted by Gasteiger charge is 2.34. The van der Waals surface area contributed by atoms with Gasteiger partial charge in [-0.25, -0.2) is 4.39 Å². The van der Waals surface area contributed by atoms with Crippen LogP contribution in [-0.4, -0.2) is 35.7 Å². The molecule has 1 aliphatic rings. The molecule has 0 spiro atoms. The number of amides is 2. The molecule has 0 aromatic heterocycles. The Morgan fingerprint density at radius 2 is 1.81 bits per heavy atom. The molecule has 0 aliphatic heterocycles. The first-order chi connectivity index (χ1) is 15.0. The molecule has 3 rings (SSSR count). The number of ether oxygens (including phenoxy) is 1. The molecule has 1 unspecified atom stereocenters. The zero-order valence-corrected chi connectivity index (χ0v) is 18.4. The third kappa shape index (κ3) is 5.76. The maximum atomic E-state index is 14.8. The number of nitrogens with one attached hydrogen (secondary N) is 1. The van der Waals surface area contributed by atoms with E-state index in [0.29, 0.717) is 11.3 Å². The molecule has 0 radical (unpaired) electrons. The van der Waals surface area contributed by atoms with E-state index in [-0.39, 0.29) is 24.0 Å². The third-order valence-electron chi connectivity index (χ3n) is 5.68. The average Bonchev–Trinajstić information content (AvgIpc) is 2.80. The molecule has 1 aliphatic carbocycles. The molecule has 2 aromatic rings. The van der Waals surface area contributed by atoms with Crippen molar-refractivity contribution in [2.45, 2.75) is 50.7 Å². The summed E-state index contributed by atoms with van der Waals surface area (Å²) in [6.45, 7) is 0.0622. The van der Waals surface area contributed by atoms with Crippen LogP contribution in [-0.2, 0) is 16.1 Å². The molecule has 5 nitrogen and oxygen atoms in total. The van der Waals surface area contributed by atoms with Crippen LogP contribution in [0.25, 0.3) is 0 Å². The Morgan fingerprint density at radius 1 is 1.13 bits per heavy atom. The van der Waals surface area contributed by atoms with Gasteiger partial charge in [0.25, 0.3) is 0 Å². The first kappa shape index (κ1) is 23.1. The summed E-state index contributed by atoms with van der Waals surface area (Å²) in [5, 5.41) is 3.04. The molecular weight excluding hydrogens is 419 g/mol. The number of halogens is 2. The number of methoxy groups -OCH3 is 1. The van der Waals surface area contributed by atoms with Gasteiger partial charge in [0.15, 0.2) is 0 Å². The standard InChI is InChI=1S/C24H28ClFN2O3/c1-31-21-14-8-5-9-17(21)16-28(22(29)15-25)23(19-12-6-7-13-20(19)26)24(30)27-18-10-3-2-4-11-18/h5-9,12-14,18,23H,2-4,10-11,15-16H2,1H3,(H,27,30). The van der Waals surface area contributed by atoms with Crippen molar-refractivity contribution in [2.75, 3.05) is 13.0 Å². The number of para-hydroxylation sites is 1. The molecule has 7 heteroatoms. The van der Waals surface area contributed by atoms with Crippen molar-refractivity contribution >= 4 is 23.4 Å². The van der Waals surface area contributed by atoms with Gasteiger partial charge in [-0.15, -0.1) is 11.6 Å². The lowest BCUT2D eigenvalue weighted by Gasteiger charge is -2.33. The monoisotopic (exact) mass is 446 g/mol. The Bertz CT molecular complexity index is 902. The number of hydrogen-bond acceptors (Lipinski definition) is 3. The summed E-state index contributed by atoms with van der Waals surface area (Å²) < 4.78 is 20.2. The summed E-state index contributed by atoms with van der Waals surface area (Å²) in [5.74, 6) is -1.14. The fourth-order valence-electron chi connectivity index (χ4n) is 4.09. The number of benzene rings is 2. The molecule has 0 bridgehead atoms. The predicted molar refractivity (Wildman–Crippen MR) is 118 cm³/mol. The fourth-order valence-corrected chi connectivity index (χ4v) is 4.25. The average molecular weight is 447 g/mol. The van der Waals surface area contributed by atoms with E-state index in [2.05, 4.69) is 5.32 Å². The number of nitrogens with zero attached hydrogens (tertiary/aromatic N) is 1. The Balaban J connectivity index is 1.99. The molecule has 31 heavy (non-hydrogen) atoms. The molecule has 0 saturated heterocycles. The van der Waals surface area contributed by atoms with E-state index in [1.54, 1.807) is 18.2 Å². The zero-order chi connectivity index (χ0) is 22.2. The van der Waals surface area contributed by atoms with E-state index < -0.39 is 23.7 Å². The van der Waals surface area contributed by atoms with Gasteiger partial charge in [-0.2, -0.15) is 0 Å². The molecule has 2 amide bonds. The van der Waals surface area contributed by atoms with Crippen molar-refractivity contribution in [3.8, 4) is 5.75 Å². The van der Waals surface area contributed by atoms with Crippen molar-refractivity contribution < 1.29 is 18.7 Å². The molecule has 0 heterocycles. The van der Waals surface area contributed by atoms with Crippen LogP contribution in [0.3, 0.4) is 0 Å². The van der Waals surface area contributed by atoms with E-state index in [9.17, 15) is 14.0 Å². The molecule has 1 saturated carbocycles. The molecule has 1 atom stereocenters. The van der Waals surface area contributed by atoms with Crippen LogP contribution in [0.5, 0.6) is 5.75 Å². The van der Waals surface area contributed by atoms with Gasteiger partial charge in [-0.1, -0.05) is 55.7 Å². The van der Waals surface area contributed by atoms with Gasteiger partial charge in [0.2, 0.25) is 11.8 Å². The second-order valence-electron chi connectivity index (χ2n) is 7.73. The first-order valence-electron chi connectivity index (χ1n) is 10.6. The second-order valence-corrected chi connectivity index (χ2v) is 8.00. The van der Waals surface area contributed by atoms with E-state index in [1.807, 2.05) is 18.2 Å². The van der Waals surface area contributed by atoms with Gasteiger partial charge in [0.1, 0.15) is 23.5 Å². The number of hydrogen-bond donors (Lipinski definition) is 1. The molecular formula is C24H28ClFN2O3. The van der Waals surface area contributed by atoms with Crippen LogP contribution in [0.1, 0.15) is 49.3 Å². The minimum absolute atomic E-state index is 0.0229. The topological polar surface area (TPSA) is 58.6 Å². The smallest absolute Gasteiger partial charge is 0.247 e. The lowest BCUT2D eigenvalue weighted by atomic mass is 9.94. The fraction of sp³-hybridized carbons (Fsp3) is 0.417. The van der Waals surface area contributed by atoms with Crippen molar-refractivity contribution in [3.63, 3.8) is 0 Å². The van der Waals surface area contributed by atoms with Gasteiger partial charge in [-0.05, 0) is 25.0 Å². The quantitative estimate of drug-likeness (QED) is 0.603. The largest absolute Gasteiger partial charge is 0.496 e. The third-order valence-corrected chi connectivity index (χ3v) is 5.91. The normalized spacial score (nSPS) is 15.2. The van der Waals surface area contributed by atoms with E-state index in [1.165, 1.54) is 24.1 Å². The highest BCUT2D eigenvalue weighted by molar-refractivity contribution is 6.27. The van der Waals surface area contributed by atoms with Crippen LogP contribution >= 0.6 is 11.6 Å². The van der Waals surface area contributed by atoms with E-state index in [0.717, 1.165) is 32.1 Å². The minimum Gasteiger partial charge on any atom is -0.496 e. The number of alkyl halides is 1. The predicted octanol–water partition coefficient (Wildman–Crippen LogP) is 4.59. The van der Waals surface area contributed by atoms with Gasteiger partial charge in [-0.3, -0.25) is 9.59 Å². The molecule has 166 valence electrons. The summed E-state index contributed by atoms with van der Waals surface area (Å²) in [6, 6.07) is 12.2. The lowest BCUT2D eigenvalue weighted by molar-refractivity contribution is -0.140. The Labute approximate surface area is 187 Å². The zero-order valence-electron chi connectivity index (χ0n) is 17.7. The molecule has 1 N–H and O–H groups in total. The van der Waals surface area contributed by atoms with Gasteiger partial charge in [0, 0.05) is 17.2 Å².